The van der Waals surface area contributed by atoms with E-state index in [9.17, 15) is 9.59 Å². The Morgan fingerprint density at radius 3 is 2.54 bits per heavy atom. The molecule has 0 aliphatic carbocycles. The largest absolute Gasteiger partial charge is 0.481 e. The van der Waals surface area contributed by atoms with Crippen molar-refractivity contribution in [3.8, 4) is 0 Å². The normalized spacial score (nSPS) is 11.0. The average molecular weight is 350 g/mol. The molecule has 134 valence electrons. The summed E-state index contributed by atoms with van der Waals surface area (Å²) in [6, 6.07) is 15.4. The van der Waals surface area contributed by atoms with E-state index in [4.69, 9.17) is 9.52 Å². The number of carboxylic acid groups (broad SMARTS) is 1. The average Bonchev–Trinajstić information content (AvgIpc) is 2.63. The highest BCUT2D eigenvalue weighted by Crippen LogP contribution is 2.25. The monoisotopic (exact) mass is 350 g/mol. The molecule has 0 atom stereocenters. The molecule has 0 bridgehead atoms. The van der Waals surface area contributed by atoms with Crippen molar-refractivity contribution in [2.75, 3.05) is 0 Å². The summed E-state index contributed by atoms with van der Waals surface area (Å²) in [5.74, 6) is -0.474. The van der Waals surface area contributed by atoms with Crippen molar-refractivity contribution in [1.29, 1.82) is 0 Å². The molecule has 2 aromatic carbocycles. The van der Waals surface area contributed by atoms with Gasteiger partial charge in [0, 0.05) is 12.5 Å². The van der Waals surface area contributed by atoms with E-state index in [0.717, 1.165) is 30.4 Å². The summed E-state index contributed by atoms with van der Waals surface area (Å²) in [4.78, 5) is 23.3. The summed E-state index contributed by atoms with van der Waals surface area (Å²) in [5.41, 5.74) is 3.88. The van der Waals surface area contributed by atoms with E-state index in [-0.39, 0.29) is 18.3 Å². The van der Waals surface area contributed by atoms with Gasteiger partial charge in [0.2, 0.25) is 0 Å². The van der Waals surface area contributed by atoms with Crippen molar-refractivity contribution in [3.05, 3.63) is 81.2 Å². The van der Waals surface area contributed by atoms with Crippen molar-refractivity contribution in [2.24, 2.45) is 0 Å². The van der Waals surface area contributed by atoms with E-state index in [1.165, 1.54) is 11.6 Å². The van der Waals surface area contributed by atoms with Crippen LogP contribution < -0.4 is 5.43 Å². The molecular formula is C22H22O4. The van der Waals surface area contributed by atoms with Gasteiger partial charge in [-0.2, -0.15) is 0 Å². The van der Waals surface area contributed by atoms with Gasteiger partial charge in [-0.3, -0.25) is 9.59 Å². The highest BCUT2D eigenvalue weighted by atomic mass is 16.4. The van der Waals surface area contributed by atoms with Crippen LogP contribution in [0.25, 0.3) is 11.0 Å². The minimum atomic E-state index is -0.903. The molecule has 4 heteroatoms. The molecule has 26 heavy (non-hydrogen) atoms. The first kappa shape index (κ1) is 17.9. The lowest BCUT2D eigenvalue weighted by Crippen LogP contribution is -2.07. The zero-order valence-electron chi connectivity index (χ0n) is 14.8. The van der Waals surface area contributed by atoms with Gasteiger partial charge in [-0.25, -0.2) is 0 Å². The minimum Gasteiger partial charge on any atom is -0.481 e. The first-order valence-electron chi connectivity index (χ1n) is 8.91. The zero-order chi connectivity index (χ0) is 18.5. The van der Waals surface area contributed by atoms with E-state index < -0.39 is 5.97 Å². The summed E-state index contributed by atoms with van der Waals surface area (Å²) in [6.07, 6.45) is 2.68. The molecule has 4 nitrogen and oxygen atoms in total. The van der Waals surface area contributed by atoms with E-state index >= 15 is 0 Å². The number of benzene rings is 2. The Balaban J connectivity index is 2.09. The molecule has 0 radical (unpaired) electrons. The summed E-state index contributed by atoms with van der Waals surface area (Å²) in [6.45, 7) is 2.09. The van der Waals surface area contributed by atoms with Crippen LogP contribution in [0, 0.1) is 0 Å². The van der Waals surface area contributed by atoms with Crippen LogP contribution in [0.1, 0.15) is 42.2 Å². The number of carbonyl (C=O) groups is 1. The number of aliphatic carboxylic acids is 1. The molecular weight excluding hydrogens is 328 g/mol. The molecule has 0 aliphatic rings. The SMILES string of the molecule is CCCc1c(Cc2ccccc2)ccc2c(=O)cc(CCC(=O)O)oc12. The van der Waals surface area contributed by atoms with Crippen molar-refractivity contribution in [1.82, 2.24) is 0 Å². The smallest absolute Gasteiger partial charge is 0.303 e. The Kier molecular flexibility index (Phi) is 5.52. The number of aryl methyl sites for hydroxylation is 2. The Hall–Kier alpha value is -2.88. The summed E-state index contributed by atoms with van der Waals surface area (Å²) in [5, 5.41) is 9.44. The molecule has 1 aromatic heterocycles. The second-order valence-electron chi connectivity index (χ2n) is 6.46. The number of fused-ring (bicyclic) bond motifs is 1. The fraction of sp³-hybridized carbons (Fsp3) is 0.273. The van der Waals surface area contributed by atoms with E-state index in [2.05, 4.69) is 19.1 Å². The number of carboxylic acids is 1. The standard InChI is InChI=1S/C22H22O4/c1-2-6-18-16(13-15-7-4-3-5-8-15)9-11-19-20(23)14-17(26-22(18)19)10-12-21(24)25/h3-5,7-9,11,14H,2,6,10,12-13H2,1H3,(H,24,25). The molecule has 1 heterocycles. The van der Waals surface area contributed by atoms with Gasteiger partial charge in [0.05, 0.1) is 11.8 Å². The van der Waals surface area contributed by atoms with Gasteiger partial charge in [0.15, 0.2) is 5.43 Å². The molecule has 3 aromatic rings. The molecule has 0 saturated carbocycles. The summed E-state index contributed by atoms with van der Waals surface area (Å²) >= 11 is 0. The molecule has 3 rings (SSSR count). The lowest BCUT2D eigenvalue weighted by molar-refractivity contribution is -0.137. The lowest BCUT2D eigenvalue weighted by Gasteiger charge is -2.13. The van der Waals surface area contributed by atoms with Crippen LogP contribution in [0.3, 0.4) is 0 Å². The van der Waals surface area contributed by atoms with Gasteiger partial charge in [0.1, 0.15) is 11.3 Å². The maximum absolute atomic E-state index is 12.5. The van der Waals surface area contributed by atoms with Crippen molar-refractivity contribution in [2.45, 2.75) is 39.0 Å². The number of hydrogen-bond acceptors (Lipinski definition) is 3. The molecule has 0 unspecified atom stereocenters. The Morgan fingerprint density at radius 2 is 1.85 bits per heavy atom. The third-order valence-corrected chi connectivity index (χ3v) is 4.47. The quantitative estimate of drug-likeness (QED) is 0.688. The fourth-order valence-electron chi connectivity index (χ4n) is 3.22. The van der Waals surface area contributed by atoms with Crippen LogP contribution in [-0.4, -0.2) is 11.1 Å². The highest BCUT2D eigenvalue weighted by Gasteiger charge is 2.14. The molecule has 1 N–H and O–H groups in total. The molecule has 0 spiro atoms. The van der Waals surface area contributed by atoms with E-state index in [1.54, 1.807) is 0 Å². The number of hydrogen-bond donors (Lipinski definition) is 1. The summed E-state index contributed by atoms with van der Waals surface area (Å²) < 4.78 is 5.99. The van der Waals surface area contributed by atoms with Gasteiger partial charge >= 0.3 is 5.97 Å². The first-order valence-corrected chi connectivity index (χ1v) is 8.91. The van der Waals surface area contributed by atoms with Gasteiger partial charge < -0.3 is 9.52 Å². The number of rotatable bonds is 7. The maximum Gasteiger partial charge on any atom is 0.303 e. The second-order valence-corrected chi connectivity index (χ2v) is 6.46. The lowest BCUT2D eigenvalue weighted by atomic mass is 9.95. The van der Waals surface area contributed by atoms with Gasteiger partial charge in [0.25, 0.3) is 0 Å². The molecule has 0 amide bonds. The van der Waals surface area contributed by atoms with Crippen LogP contribution in [0.4, 0.5) is 0 Å². The van der Waals surface area contributed by atoms with Crippen LogP contribution in [0.5, 0.6) is 0 Å². The molecule has 0 fully saturated rings. The van der Waals surface area contributed by atoms with Gasteiger partial charge in [-0.15, -0.1) is 0 Å². The first-order chi connectivity index (χ1) is 12.6. The van der Waals surface area contributed by atoms with Crippen molar-refractivity contribution in [3.63, 3.8) is 0 Å². The zero-order valence-corrected chi connectivity index (χ0v) is 14.8. The van der Waals surface area contributed by atoms with E-state index in [1.807, 2.05) is 30.3 Å². The van der Waals surface area contributed by atoms with Crippen LogP contribution in [0.2, 0.25) is 0 Å². The predicted molar refractivity (Wildman–Crippen MR) is 102 cm³/mol. The second kappa shape index (κ2) is 8.00. The Morgan fingerprint density at radius 1 is 1.08 bits per heavy atom. The van der Waals surface area contributed by atoms with E-state index in [0.29, 0.717) is 16.7 Å². The topological polar surface area (TPSA) is 67.5 Å². The molecule has 0 saturated heterocycles. The third kappa shape index (κ3) is 4.02. The summed E-state index contributed by atoms with van der Waals surface area (Å²) in [7, 11) is 0. The minimum absolute atomic E-state index is 0.0543. The Bertz CT molecular complexity index is 971. The van der Waals surface area contributed by atoms with Crippen molar-refractivity contribution < 1.29 is 14.3 Å². The highest BCUT2D eigenvalue weighted by molar-refractivity contribution is 5.81. The maximum atomic E-state index is 12.5. The van der Waals surface area contributed by atoms with Crippen LogP contribution in [-0.2, 0) is 24.1 Å². The van der Waals surface area contributed by atoms with Crippen LogP contribution in [0.15, 0.2) is 57.7 Å². The van der Waals surface area contributed by atoms with Crippen LogP contribution >= 0.6 is 0 Å². The third-order valence-electron chi connectivity index (χ3n) is 4.47. The van der Waals surface area contributed by atoms with Crippen molar-refractivity contribution >= 4 is 16.9 Å². The Labute approximate surface area is 152 Å². The van der Waals surface area contributed by atoms with Gasteiger partial charge in [-0.1, -0.05) is 49.7 Å². The van der Waals surface area contributed by atoms with Gasteiger partial charge in [-0.05, 0) is 35.6 Å². The fourth-order valence-corrected chi connectivity index (χ4v) is 3.22. The predicted octanol–water partition coefficient (Wildman–Crippen LogP) is 4.35. The molecule has 0 aliphatic heterocycles.